The van der Waals surface area contributed by atoms with Gasteiger partial charge in [-0.2, -0.15) is 4.98 Å². The van der Waals surface area contributed by atoms with Gasteiger partial charge < -0.3 is 9.84 Å². The highest BCUT2D eigenvalue weighted by atomic mass is 32.2. The van der Waals surface area contributed by atoms with Gasteiger partial charge in [0.1, 0.15) is 0 Å². The van der Waals surface area contributed by atoms with Gasteiger partial charge in [0.15, 0.2) is 5.82 Å². The van der Waals surface area contributed by atoms with E-state index in [1.807, 2.05) is 0 Å². The first-order valence-electron chi connectivity index (χ1n) is 9.84. The summed E-state index contributed by atoms with van der Waals surface area (Å²) in [5.41, 5.74) is 0. The van der Waals surface area contributed by atoms with E-state index in [-0.39, 0.29) is 0 Å². The van der Waals surface area contributed by atoms with E-state index < -0.39 is 14.8 Å². The van der Waals surface area contributed by atoms with Crippen LogP contribution >= 0.6 is 0 Å². The average molecular weight is 385 g/mol. The van der Waals surface area contributed by atoms with Crippen molar-refractivity contribution in [1.82, 2.24) is 14.9 Å². The van der Waals surface area contributed by atoms with Crippen molar-refractivity contribution in [2.45, 2.75) is 88.8 Å². The number of hydrogen-bond acceptors (Lipinski definition) is 6. The molecule has 1 heterocycles. The largest absolute Gasteiger partial charge is 0.335 e. The van der Waals surface area contributed by atoms with E-state index in [0.29, 0.717) is 30.4 Å². The van der Waals surface area contributed by atoms with Crippen LogP contribution in [-0.4, -0.2) is 35.9 Å². The van der Waals surface area contributed by atoms with Crippen LogP contribution in [0.25, 0.3) is 0 Å². The SMILES string of the molecule is CC(C)(C)S(=O)(=O)NCC1CCC(Nc2nc(C3CCCC3)no2)CC1. The van der Waals surface area contributed by atoms with Crippen LogP contribution in [-0.2, 0) is 10.0 Å². The predicted molar refractivity (Wildman–Crippen MR) is 102 cm³/mol. The van der Waals surface area contributed by atoms with Crippen molar-refractivity contribution in [3.63, 3.8) is 0 Å². The molecular formula is C18H32N4O3S. The van der Waals surface area contributed by atoms with Crippen LogP contribution in [0.1, 0.15) is 83.9 Å². The Morgan fingerprint density at radius 3 is 2.35 bits per heavy atom. The van der Waals surface area contributed by atoms with E-state index in [0.717, 1.165) is 44.3 Å². The first kappa shape index (κ1) is 19.6. The average Bonchev–Trinajstić information content (AvgIpc) is 3.24. The number of nitrogens with one attached hydrogen (secondary N) is 2. The molecule has 2 saturated carbocycles. The van der Waals surface area contributed by atoms with E-state index in [1.54, 1.807) is 20.8 Å². The molecule has 2 aliphatic carbocycles. The van der Waals surface area contributed by atoms with Crippen molar-refractivity contribution in [3.8, 4) is 0 Å². The van der Waals surface area contributed by atoms with E-state index >= 15 is 0 Å². The standard InChI is InChI=1S/C18H32N4O3S/c1-18(2,3)26(23,24)19-12-13-8-10-15(11-9-13)20-17-21-16(22-25-17)14-6-4-5-7-14/h13-15,19H,4-12H2,1-3H3,(H,20,21,22). The lowest BCUT2D eigenvalue weighted by Gasteiger charge is -2.29. The summed E-state index contributed by atoms with van der Waals surface area (Å²) in [5.74, 6) is 1.69. The number of sulfonamides is 1. The Hall–Kier alpha value is -1.15. The van der Waals surface area contributed by atoms with Gasteiger partial charge in [0, 0.05) is 18.5 Å². The fourth-order valence-corrected chi connectivity index (χ4v) is 4.66. The Kier molecular flexibility index (Phi) is 5.91. The lowest BCUT2D eigenvalue weighted by atomic mass is 9.86. The molecule has 2 N–H and O–H groups in total. The van der Waals surface area contributed by atoms with Crippen molar-refractivity contribution in [3.05, 3.63) is 5.82 Å². The van der Waals surface area contributed by atoms with Crippen LogP contribution in [0.5, 0.6) is 0 Å². The van der Waals surface area contributed by atoms with Crippen molar-refractivity contribution < 1.29 is 12.9 Å². The van der Waals surface area contributed by atoms with E-state index in [9.17, 15) is 8.42 Å². The summed E-state index contributed by atoms with van der Waals surface area (Å²) < 4.78 is 31.7. The van der Waals surface area contributed by atoms with Gasteiger partial charge in [0.25, 0.3) is 0 Å². The fourth-order valence-electron chi connectivity index (χ4n) is 3.77. The van der Waals surface area contributed by atoms with Gasteiger partial charge in [0.05, 0.1) is 4.75 Å². The highest BCUT2D eigenvalue weighted by molar-refractivity contribution is 7.90. The van der Waals surface area contributed by atoms with Gasteiger partial charge >= 0.3 is 6.01 Å². The third-order valence-electron chi connectivity index (χ3n) is 5.70. The Bertz CT molecular complexity index is 682. The van der Waals surface area contributed by atoms with Gasteiger partial charge in [-0.3, -0.25) is 0 Å². The molecule has 148 valence electrons. The molecule has 0 unspecified atom stereocenters. The van der Waals surface area contributed by atoms with E-state index in [4.69, 9.17) is 4.52 Å². The summed E-state index contributed by atoms with van der Waals surface area (Å²) in [7, 11) is -3.26. The molecule has 0 radical (unpaired) electrons. The van der Waals surface area contributed by atoms with Gasteiger partial charge in [0.2, 0.25) is 10.0 Å². The Balaban J connectivity index is 1.43. The fraction of sp³-hybridized carbons (Fsp3) is 0.889. The molecule has 2 fully saturated rings. The molecule has 26 heavy (non-hydrogen) atoms. The molecule has 8 heteroatoms. The minimum absolute atomic E-state index is 0.322. The van der Waals surface area contributed by atoms with Gasteiger partial charge in [-0.15, -0.1) is 0 Å². The topological polar surface area (TPSA) is 97.1 Å². The number of nitrogens with zero attached hydrogens (tertiary/aromatic N) is 2. The zero-order valence-electron chi connectivity index (χ0n) is 16.1. The van der Waals surface area contributed by atoms with Gasteiger partial charge in [-0.25, -0.2) is 13.1 Å². The second kappa shape index (κ2) is 7.84. The molecule has 0 saturated heterocycles. The third kappa shape index (κ3) is 4.76. The first-order chi connectivity index (χ1) is 12.2. The quantitative estimate of drug-likeness (QED) is 0.780. The van der Waals surface area contributed by atoms with Crippen molar-refractivity contribution in [1.29, 1.82) is 0 Å². The van der Waals surface area contributed by atoms with E-state index in [2.05, 4.69) is 20.2 Å². The second-order valence-electron chi connectivity index (χ2n) is 8.77. The highest BCUT2D eigenvalue weighted by Gasteiger charge is 2.30. The van der Waals surface area contributed by atoms with Crippen molar-refractivity contribution >= 4 is 16.0 Å². The lowest BCUT2D eigenvalue weighted by molar-refractivity contribution is 0.329. The van der Waals surface area contributed by atoms with Gasteiger partial charge in [-0.1, -0.05) is 18.0 Å². The summed E-state index contributed by atoms with van der Waals surface area (Å²) in [4.78, 5) is 4.52. The molecule has 1 aromatic heterocycles. The van der Waals surface area contributed by atoms with Crippen LogP contribution < -0.4 is 10.0 Å². The molecule has 2 aliphatic rings. The Morgan fingerprint density at radius 2 is 1.73 bits per heavy atom. The van der Waals surface area contributed by atoms with Crippen molar-refractivity contribution in [2.75, 3.05) is 11.9 Å². The highest BCUT2D eigenvalue weighted by Crippen LogP contribution is 2.33. The Morgan fingerprint density at radius 1 is 1.08 bits per heavy atom. The molecule has 0 spiro atoms. The third-order valence-corrected chi connectivity index (χ3v) is 7.86. The molecule has 1 aromatic rings. The normalized spacial score (nSPS) is 25.5. The van der Waals surface area contributed by atoms with Crippen LogP contribution in [0.2, 0.25) is 0 Å². The molecule has 0 aliphatic heterocycles. The van der Waals surface area contributed by atoms with Crippen LogP contribution in [0, 0.1) is 5.92 Å². The molecule has 3 rings (SSSR count). The molecule has 0 amide bonds. The molecule has 0 bridgehead atoms. The molecular weight excluding hydrogens is 352 g/mol. The summed E-state index contributed by atoms with van der Waals surface area (Å²) in [6, 6.07) is 0.853. The minimum atomic E-state index is -3.26. The maximum atomic E-state index is 12.2. The van der Waals surface area contributed by atoms with Gasteiger partial charge in [-0.05, 0) is 65.2 Å². The predicted octanol–water partition coefficient (Wildman–Crippen LogP) is 3.42. The first-order valence-corrected chi connectivity index (χ1v) is 11.3. The molecule has 7 nitrogen and oxygen atoms in total. The summed E-state index contributed by atoms with van der Waals surface area (Å²) >= 11 is 0. The summed E-state index contributed by atoms with van der Waals surface area (Å²) in [5, 5.41) is 7.50. The minimum Gasteiger partial charge on any atom is -0.335 e. The van der Waals surface area contributed by atoms with Crippen molar-refractivity contribution in [2.24, 2.45) is 5.92 Å². The smallest absolute Gasteiger partial charge is 0.321 e. The zero-order chi connectivity index (χ0) is 18.8. The maximum Gasteiger partial charge on any atom is 0.321 e. The maximum absolute atomic E-state index is 12.2. The lowest BCUT2D eigenvalue weighted by Crippen LogP contribution is -2.42. The van der Waals surface area contributed by atoms with E-state index in [1.165, 1.54) is 12.8 Å². The zero-order valence-corrected chi connectivity index (χ0v) is 16.9. The Labute approximate surface area is 156 Å². The number of hydrogen-bond donors (Lipinski definition) is 2. The van der Waals surface area contributed by atoms with Crippen LogP contribution in [0.15, 0.2) is 4.52 Å². The summed E-state index contributed by atoms with van der Waals surface area (Å²) in [6.45, 7) is 5.69. The number of rotatable bonds is 6. The van der Waals surface area contributed by atoms with Crippen LogP contribution in [0.4, 0.5) is 6.01 Å². The monoisotopic (exact) mass is 384 g/mol. The number of anilines is 1. The van der Waals surface area contributed by atoms with Crippen LogP contribution in [0.3, 0.4) is 0 Å². The second-order valence-corrected chi connectivity index (χ2v) is 11.3. The molecule has 0 aromatic carbocycles. The summed E-state index contributed by atoms with van der Waals surface area (Å²) in [6.07, 6.45) is 8.80. The molecule has 0 atom stereocenters. The number of aromatic nitrogens is 2.